The molecule has 0 amide bonds. The van der Waals surface area contributed by atoms with E-state index in [0.29, 0.717) is 11.4 Å². The van der Waals surface area contributed by atoms with E-state index < -0.39 is 5.41 Å². The predicted octanol–water partition coefficient (Wildman–Crippen LogP) is 13.5. The van der Waals surface area contributed by atoms with Crippen LogP contribution in [0.2, 0.25) is 0 Å². The van der Waals surface area contributed by atoms with Crippen molar-refractivity contribution in [3.63, 3.8) is 0 Å². The molecular formula is C54H33N3S. The molecule has 1 aromatic heterocycles. The lowest BCUT2D eigenvalue weighted by Gasteiger charge is -2.40. The van der Waals surface area contributed by atoms with Crippen molar-refractivity contribution >= 4 is 11.8 Å². The van der Waals surface area contributed by atoms with Gasteiger partial charge in [-0.1, -0.05) is 194 Å². The summed E-state index contributed by atoms with van der Waals surface area (Å²) >= 11 is 1.73. The summed E-state index contributed by atoms with van der Waals surface area (Å²) in [7, 11) is 0. The smallest absolute Gasteiger partial charge is 0.160 e. The molecule has 2 aliphatic rings. The molecule has 0 radical (unpaired) electrons. The van der Waals surface area contributed by atoms with Crippen LogP contribution < -0.4 is 0 Å². The predicted molar refractivity (Wildman–Crippen MR) is 235 cm³/mol. The summed E-state index contributed by atoms with van der Waals surface area (Å²) in [4.78, 5) is 12.3. The molecule has 1 aliphatic heterocycles. The van der Waals surface area contributed by atoms with Crippen LogP contribution in [-0.2, 0) is 5.41 Å². The average Bonchev–Trinajstić information content (AvgIpc) is 3.60. The second-order valence-electron chi connectivity index (χ2n) is 14.8. The number of hydrogen-bond acceptors (Lipinski definition) is 4. The van der Waals surface area contributed by atoms with E-state index in [0.717, 1.165) is 55.2 Å². The van der Waals surface area contributed by atoms with Crippen LogP contribution in [0.15, 0.2) is 210 Å². The lowest BCUT2D eigenvalue weighted by atomic mass is 9.66. The van der Waals surface area contributed by atoms with Crippen LogP contribution in [0.4, 0.5) is 0 Å². The van der Waals surface area contributed by atoms with Gasteiger partial charge in [0.15, 0.2) is 5.82 Å². The van der Waals surface area contributed by atoms with Gasteiger partial charge in [-0.15, -0.1) is 0 Å². The SMILES string of the molecule is N#Cc1cccc2c1Sc1c(-c3ccc(-c4cccc(-c5cc(-c6ccccc6)nc(-c6ccccc6)n5)c4)cc3)cccc1C21c2ccccc2-c2ccccc21. The topological polar surface area (TPSA) is 49.6 Å². The van der Waals surface area contributed by atoms with E-state index in [2.05, 4.69) is 158 Å². The fraction of sp³-hybridized carbons (Fsp3) is 0.0185. The largest absolute Gasteiger partial charge is 0.228 e. The molecule has 8 aromatic carbocycles. The maximum absolute atomic E-state index is 10.4. The molecule has 0 saturated carbocycles. The molecule has 0 N–H and O–H groups in total. The molecule has 11 rings (SSSR count). The minimum Gasteiger partial charge on any atom is -0.228 e. The van der Waals surface area contributed by atoms with Crippen molar-refractivity contribution < 1.29 is 0 Å². The zero-order valence-corrected chi connectivity index (χ0v) is 32.1. The van der Waals surface area contributed by atoms with Gasteiger partial charge in [-0.3, -0.25) is 0 Å². The van der Waals surface area contributed by atoms with Gasteiger partial charge >= 0.3 is 0 Å². The number of benzene rings is 8. The highest BCUT2D eigenvalue weighted by Gasteiger charge is 2.51. The van der Waals surface area contributed by atoms with Crippen molar-refractivity contribution in [2.75, 3.05) is 0 Å². The monoisotopic (exact) mass is 755 g/mol. The van der Waals surface area contributed by atoms with Crippen LogP contribution in [0, 0.1) is 11.3 Å². The summed E-state index contributed by atoms with van der Waals surface area (Å²) in [5.74, 6) is 0.701. The molecule has 9 aromatic rings. The molecule has 58 heavy (non-hydrogen) atoms. The molecule has 1 spiro atoms. The Morgan fingerprint density at radius 1 is 0.379 bits per heavy atom. The van der Waals surface area contributed by atoms with E-state index in [4.69, 9.17) is 9.97 Å². The first-order valence-corrected chi connectivity index (χ1v) is 20.3. The molecule has 1 aliphatic carbocycles. The normalized spacial score (nSPS) is 12.9. The van der Waals surface area contributed by atoms with Crippen molar-refractivity contribution in [1.29, 1.82) is 5.26 Å². The van der Waals surface area contributed by atoms with Gasteiger partial charge in [0, 0.05) is 26.5 Å². The van der Waals surface area contributed by atoms with E-state index in [9.17, 15) is 5.26 Å². The first kappa shape index (κ1) is 34.0. The number of nitriles is 1. The Kier molecular flexibility index (Phi) is 8.03. The summed E-state index contributed by atoms with van der Waals surface area (Å²) in [6.45, 7) is 0. The summed E-state index contributed by atoms with van der Waals surface area (Å²) in [6, 6.07) is 73.2. The van der Waals surface area contributed by atoms with Gasteiger partial charge in [-0.2, -0.15) is 5.26 Å². The first-order chi connectivity index (χ1) is 28.7. The van der Waals surface area contributed by atoms with E-state index in [1.54, 1.807) is 11.8 Å². The molecule has 270 valence electrons. The van der Waals surface area contributed by atoms with Crippen molar-refractivity contribution in [2.45, 2.75) is 15.2 Å². The molecule has 0 unspecified atom stereocenters. The Balaban J connectivity index is 1.02. The van der Waals surface area contributed by atoms with E-state index in [1.807, 2.05) is 48.5 Å². The molecule has 2 heterocycles. The fourth-order valence-corrected chi connectivity index (χ4v) is 10.4. The average molecular weight is 756 g/mol. The molecule has 4 heteroatoms. The Morgan fingerprint density at radius 2 is 0.879 bits per heavy atom. The second kappa shape index (κ2) is 13.7. The van der Waals surface area contributed by atoms with Gasteiger partial charge in [0.25, 0.3) is 0 Å². The molecule has 0 atom stereocenters. The Morgan fingerprint density at radius 3 is 1.57 bits per heavy atom. The van der Waals surface area contributed by atoms with Crippen LogP contribution in [0.25, 0.3) is 67.3 Å². The fourth-order valence-electron chi connectivity index (χ4n) is 9.03. The Bertz CT molecular complexity index is 2990. The third-order valence-electron chi connectivity index (χ3n) is 11.6. The number of nitrogens with zero attached hydrogens (tertiary/aromatic N) is 3. The van der Waals surface area contributed by atoms with Gasteiger partial charge < -0.3 is 0 Å². The number of aromatic nitrogens is 2. The van der Waals surface area contributed by atoms with E-state index in [-0.39, 0.29) is 0 Å². The van der Waals surface area contributed by atoms with Crippen molar-refractivity contribution in [2.24, 2.45) is 0 Å². The Labute approximate surface area is 342 Å². The van der Waals surface area contributed by atoms with E-state index >= 15 is 0 Å². The molecule has 0 fully saturated rings. The van der Waals surface area contributed by atoms with Crippen LogP contribution in [0.3, 0.4) is 0 Å². The lowest BCUT2D eigenvalue weighted by Crippen LogP contribution is -2.32. The lowest BCUT2D eigenvalue weighted by molar-refractivity contribution is 0.722. The number of rotatable bonds is 5. The van der Waals surface area contributed by atoms with Crippen molar-refractivity contribution in [3.05, 3.63) is 228 Å². The molecule has 0 bridgehead atoms. The third kappa shape index (κ3) is 5.29. The van der Waals surface area contributed by atoms with Gasteiger partial charge in [-0.05, 0) is 73.8 Å². The van der Waals surface area contributed by atoms with Crippen LogP contribution in [-0.4, -0.2) is 9.97 Å². The third-order valence-corrected chi connectivity index (χ3v) is 12.9. The highest BCUT2D eigenvalue weighted by atomic mass is 32.2. The van der Waals surface area contributed by atoms with Gasteiger partial charge in [0.2, 0.25) is 0 Å². The number of hydrogen-bond donors (Lipinski definition) is 0. The van der Waals surface area contributed by atoms with Crippen molar-refractivity contribution in [1.82, 2.24) is 9.97 Å². The highest BCUT2D eigenvalue weighted by molar-refractivity contribution is 7.99. The summed E-state index contributed by atoms with van der Waals surface area (Å²) < 4.78 is 0. The van der Waals surface area contributed by atoms with Gasteiger partial charge in [-0.25, -0.2) is 9.97 Å². The maximum atomic E-state index is 10.4. The molecule has 0 saturated heterocycles. The summed E-state index contributed by atoms with van der Waals surface area (Å²) in [5, 5.41) is 10.4. The minimum atomic E-state index is -0.548. The van der Waals surface area contributed by atoms with Gasteiger partial charge in [0.05, 0.1) is 22.4 Å². The maximum Gasteiger partial charge on any atom is 0.160 e. The Hall–Kier alpha value is -7.32. The zero-order chi connectivity index (χ0) is 38.6. The minimum absolute atomic E-state index is 0.548. The number of fused-ring (bicyclic) bond motifs is 9. The van der Waals surface area contributed by atoms with Crippen LogP contribution >= 0.6 is 11.8 Å². The summed E-state index contributed by atoms with van der Waals surface area (Å²) in [6.07, 6.45) is 0. The zero-order valence-electron chi connectivity index (χ0n) is 31.3. The molecular weight excluding hydrogens is 723 g/mol. The second-order valence-corrected chi connectivity index (χ2v) is 15.8. The van der Waals surface area contributed by atoms with Gasteiger partial charge in [0.1, 0.15) is 6.07 Å². The molecule has 3 nitrogen and oxygen atoms in total. The van der Waals surface area contributed by atoms with Crippen LogP contribution in [0.1, 0.15) is 27.8 Å². The standard InChI is InChI=1S/C54H33N3S/c55-34-41-20-12-26-47-51(41)58-52-42(23-13-27-48(52)54(47)45-24-9-7-21-43(45)44-22-8-10-25-46(44)54)36-30-28-35(29-31-36)39-18-11-19-40(32-39)50-33-49(37-14-3-1-4-15-37)56-53(57-50)38-16-5-2-6-17-38/h1-33H. The first-order valence-electron chi connectivity index (χ1n) is 19.5. The highest BCUT2D eigenvalue weighted by Crippen LogP contribution is 2.63. The van der Waals surface area contributed by atoms with E-state index in [1.165, 1.54) is 38.3 Å². The van der Waals surface area contributed by atoms with Crippen molar-refractivity contribution in [3.8, 4) is 73.4 Å². The quantitative estimate of drug-likeness (QED) is 0.175. The summed E-state index contributed by atoms with van der Waals surface area (Å²) in [5.41, 5.74) is 16.9. The van der Waals surface area contributed by atoms with Crippen LogP contribution in [0.5, 0.6) is 0 Å².